The molecular formula is C29H50O9. The molecule has 9 nitrogen and oxygen atoms in total. The van der Waals surface area contributed by atoms with Crippen LogP contribution in [-0.2, 0) is 33.2 Å². The van der Waals surface area contributed by atoms with E-state index in [9.17, 15) is 15.0 Å². The Balaban J connectivity index is 1.99. The Bertz CT molecular complexity index is 765. The number of carbonyl (C=O) groups is 1. The molecule has 2 fully saturated rings. The lowest BCUT2D eigenvalue weighted by Gasteiger charge is -2.46. The molecule has 2 rings (SSSR count). The predicted molar refractivity (Wildman–Crippen MR) is 143 cm³/mol. The molecule has 2 heterocycles. The summed E-state index contributed by atoms with van der Waals surface area (Å²) in [5.74, 6) is -3.14. The molecule has 8 atom stereocenters. The van der Waals surface area contributed by atoms with Gasteiger partial charge in [0.2, 0.25) is 11.9 Å². The van der Waals surface area contributed by atoms with Gasteiger partial charge in [-0.15, -0.1) is 0 Å². The highest BCUT2D eigenvalue weighted by molar-refractivity contribution is 5.76. The first-order valence-electron chi connectivity index (χ1n) is 13.9. The first-order valence-corrected chi connectivity index (χ1v) is 13.9. The van der Waals surface area contributed by atoms with Crippen molar-refractivity contribution >= 4 is 5.97 Å². The molecule has 0 amide bonds. The number of hydrogen-bond acceptors (Lipinski definition) is 9. The molecule has 0 saturated carbocycles. The van der Waals surface area contributed by atoms with E-state index in [1.807, 2.05) is 32.1 Å². The lowest BCUT2D eigenvalue weighted by atomic mass is 9.81. The largest absolute Gasteiger partial charge is 0.467 e. The summed E-state index contributed by atoms with van der Waals surface area (Å²) in [7, 11) is 2.90. The summed E-state index contributed by atoms with van der Waals surface area (Å²) in [5, 5.41) is 20.5. The standard InChI is InChI=1S/C29H50O9/c1-20-16-17-25(36-29(20)26(27(32)34-7)37-28(4,5)38-29)22(3)24(31)18-23(35-19-33-6)15-13-11-9-8-10-12-14-21(2)30/h8-11,20-26,30-31H,12-19H2,1-7H3/b10-8-,11-9+/t20-,21+,22+,23+,24?,25+,26?,29+/m1/s1. The molecule has 0 aromatic rings. The number of rotatable bonds is 15. The highest BCUT2D eigenvalue weighted by Gasteiger charge is 2.63. The monoisotopic (exact) mass is 542 g/mol. The average Bonchev–Trinajstić information content (AvgIpc) is 3.15. The van der Waals surface area contributed by atoms with Crippen molar-refractivity contribution in [3.05, 3.63) is 24.3 Å². The van der Waals surface area contributed by atoms with Crippen molar-refractivity contribution in [3.63, 3.8) is 0 Å². The Morgan fingerprint density at radius 1 is 1.05 bits per heavy atom. The fraction of sp³-hybridized carbons (Fsp3) is 0.828. The van der Waals surface area contributed by atoms with Gasteiger partial charge in [-0.3, -0.25) is 0 Å². The van der Waals surface area contributed by atoms with Gasteiger partial charge in [0.05, 0.1) is 31.5 Å². The third-order valence-electron chi connectivity index (χ3n) is 7.40. The van der Waals surface area contributed by atoms with Gasteiger partial charge in [-0.25, -0.2) is 4.79 Å². The van der Waals surface area contributed by atoms with Gasteiger partial charge in [0.1, 0.15) is 6.79 Å². The minimum absolute atomic E-state index is 0.0976. The summed E-state index contributed by atoms with van der Waals surface area (Å²) in [6.07, 6.45) is 10.6. The van der Waals surface area contributed by atoms with E-state index in [1.54, 1.807) is 27.9 Å². The highest BCUT2D eigenvalue weighted by Crippen LogP contribution is 2.49. The summed E-state index contributed by atoms with van der Waals surface area (Å²) in [5.41, 5.74) is 0. The zero-order valence-electron chi connectivity index (χ0n) is 24.3. The topological polar surface area (TPSA) is 113 Å². The molecule has 0 bridgehead atoms. The van der Waals surface area contributed by atoms with Crippen LogP contribution >= 0.6 is 0 Å². The second-order valence-electron chi connectivity index (χ2n) is 11.1. The molecule has 9 heteroatoms. The van der Waals surface area contributed by atoms with Crippen LogP contribution in [0.15, 0.2) is 24.3 Å². The number of methoxy groups -OCH3 is 2. The summed E-state index contributed by atoms with van der Waals surface area (Å²) < 4.78 is 34.6. The smallest absolute Gasteiger partial charge is 0.340 e. The molecule has 2 saturated heterocycles. The molecule has 38 heavy (non-hydrogen) atoms. The minimum Gasteiger partial charge on any atom is -0.467 e. The number of allylic oxidation sites excluding steroid dienone is 4. The molecule has 0 aliphatic carbocycles. The maximum Gasteiger partial charge on any atom is 0.340 e. The van der Waals surface area contributed by atoms with Crippen LogP contribution in [0.3, 0.4) is 0 Å². The van der Waals surface area contributed by atoms with E-state index in [-0.39, 0.29) is 36.9 Å². The van der Waals surface area contributed by atoms with Gasteiger partial charge in [-0.05, 0) is 65.7 Å². The molecule has 2 unspecified atom stereocenters. The number of aliphatic hydroxyl groups is 2. The van der Waals surface area contributed by atoms with E-state index < -0.39 is 29.8 Å². The van der Waals surface area contributed by atoms with Crippen molar-refractivity contribution in [1.29, 1.82) is 0 Å². The van der Waals surface area contributed by atoms with Crippen LogP contribution < -0.4 is 0 Å². The van der Waals surface area contributed by atoms with Crippen molar-refractivity contribution in [1.82, 2.24) is 0 Å². The summed E-state index contributed by atoms with van der Waals surface area (Å²) in [6.45, 7) is 9.40. The third kappa shape index (κ3) is 9.40. The molecule has 220 valence electrons. The molecule has 0 radical (unpaired) electrons. The van der Waals surface area contributed by atoms with Crippen LogP contribution in [0.2, 0.25) is 0 Å². The molecule has 2 aliphatic rings. The molecule has 0 aromatic carbocycles. The maximum absolute atomic E-state index is 12.6. The molecular weight excluding hydrogens is 492 g/mol. The van der Waals surface area contributed by atoms with Crippen LogP contribution in [0.4, 0.5) is 0 Å². The van der Waals surface area contributed by atoms with Crippen molar-refractivity contribution < 1.29 is 43.4 Å². The van der Waals surface area contributed by atoms with E-state index in [4.69, 9.17) is 28.4 Å². The van der Waals surface area contributed by atoms with Crippen LogP contribution in [-0.4, -0.2) is 79.3 Å². The second kappa shape index (κ2) is 15.5. The minimum atomic E-state index is -1.27. The Hall–Kier alpha value is -1.33. The first-order chi connectivity index (χ1) is 18.0. The lowest BCUT2D eigenvalue weighted by molar-refractivity contribution is -0.321. The predicted octanol–water partition coefficient (Wildman–Crippen LogP) is 4.25. The van der Waals surface area contributed by atoms with Gasteiger partial charge in [0.15, 0.2) is 5.79 Å². The van der Waals surface area contributed by atoms with Crippen LogP contribution in [0.1, 0.15) is 79.6 Å². The van der Waals surface area contributed by atoms with Crippen molar-refractivity contribution in [2.45, 2.75) is 122 Å². The number of esters is 1. The maximum atomic E-state index is 12.6. The highest BCUT2D eigenvalue weighted by atomic mass is 16.8. The SMILES string of the molecule is COCO[C@@H](CC/C=C/C=C\CC[C@H](C)O)CC(O)[C@H](C)[C@@H]1CC[C@@H](C)[C@]2(O1)OC(C)(C)OC2C(=O)OC. The van der Waals surface area contributed by atoms with Crippen molar-refractivity contribution in [2.75, 3.05) is 21.0 Å². The van der Waals surface area contributed by atoms with Gasteiger partial charge in [-0.2, -0.15) is 0 Å². The first kappa shape index (κ1) is 32.9. The quantitative estimate of drug-likeness (QED) is 0.178. The lowest BCUT2D eigenvalue weighted by Crippen LogP contribution is -2.58. The number of hydrogen-bond donors (Lipinski definition) is 2. The number of ether oxygens (including phenoxy) is 6. The van der Waals surface area contributed by atoms with Crippen molar-refractivity contribution in [2.24, 2.45) is 11.8 Å². The summed E-state index contributed by atoms with van der Waals surface area (Å²) in [6, 6.07) is 0. The van der Waals surface area contributed by atoms with Crippen LogP contribution in [0, 0.1) is 11.8 Å². The van der Waals surface area contributed by atoms with E-state index in [1.165, 1.54) is 7.11 Å². The summed E-state index contributed by atoms with van der Waals surface area (Å²) >= 11 is 0. The molecule has 1 spiro atoms. The van der Waals surface area contributed by atoms with Crippen molar-refractivity contribution in [3.8, 4) is 0 Å². The van der Waals surface area contributed by atoms with Gasteiger partial charge in [0, 0.05) is 18.9 Å². The average molecular weight is 543 g/mol. The zero-order valence-corrected chi connectivity index (χ0v) is 24.3. The molecule has 2 aliphatic heterocycles. The van der Waals surface area contributed by atoms with E-state index in [2.05, 4.69) is 6.08 Å². The Morgan fingerprint density at radius 2 is 1.71 bits per heavy atom. The Labute approximate surface area is 228 Å². The van der Waals surface area contributed by atoms with E-state index in [0.717, 1.165) is 38.5 Å². The molecule has 0 aromatic heterocycles. The third-order valence-corrected chi connectivity index (χ3v) is 7.40. The van der Waals surface area contributed by atoms with Crippen LogP contribution in [0.5, 0.6) is 0 Å². The van der Waals surface area contributed by atoms with Gasteiger partial charge >= 0.3 is 5.97 Å². The normalized spacial score (nSPS) is 30.6. The Morgan fingerprint density at radius 3 is 2.32 bits per heavy atom. The number of aliphatic hydroxyl groups excluding tert-OH is 2. The fourth-order valence-corrected chi connectivity index (χ4v) is 5.12. The van der Waals surface area contributed by atoms with Gasteiger partial charge in [-0.1, -0.05) is 38.2 Å². The summed E-state index contributed by atoms with van der Waals surface area (Å²) in [4.78, 5) is 12.6. The van der Waals surface area contributed by atoms with Gasteiger partial charge < -0.3 is 38.6 Å². The fourth-order valence-electron chi connectivity index (χ4n) is 5.12. The van der Waals surface area contributed by atoms with Crippen LogP contribution in [0.25, 0.3) is 0 Å². The van der Waals surface area contributed by atoms with E-state index in [0.29, 0.717) is 6.42 Å². The zero-order chi connectivity index (χ0) is 28.3. The number of carbonyl (C=O) groups excluding carboxylic acids is 1. The Kier molecular flexibility index (Phi) is 13.4. The van der Waals surface area contributed by atoms with Gasteiger partial charge in [0.25, 0.3) is 0 Å². The second-order valence-corrected chi connectivity index (χ2v) is 11.1. The van der Waals surface area contributed by atoms with E-state index >= 15 is 0 Å². The molecule has 2 N–H and O–H groups in total.